The van der Waals surface area contributed by atoms with Crippen molar-refractivity contribution < 1.29 is 9.47 Å². The van der Waals surface area contributed by atoms with Crippen LogP contribution in [0.2, 0.25) is 0 Å². The van der Waals surface area contributed by atoms with Gasteiger partial charge in [-0.25, -0.2) is 0 Å². The summed E-state index contributed by atoms with van der Waals surface area (Å²) in [5.74, 6) is 0.552. The fourth-order valence-electron chi connectivity index (χ4n) is 3.15. The molecule has 2 aliphatic rings. The Balaban J connectivity index is 1.57. The summed E-state index contributed by atoms with van der Waals surface area (Å²) in [7, 11) is 4.17. The standard InChI is InChI=1S/C15H24N2O2S/c1-16(2)4-5-19-15-8-17(7-12-3-6-20-11-12)14-10-18-9-13(14)15/h3,6,11,13-15H,4-5,7-10H2,1-2H3/t13-,14+,15-/m1/s1. The average molecular weight is 296 g/mol. The number of ether oxygens (including phenoxy) is 2. The van der Waals surface area contributed by atoms with Crippen LogP contribution in [0.3, 0.4) is 0 Å². The van der Waals surface area contributed by atoms with E-state index >= 15 is 0 Å². The second kappa shape index (κ2) is 6.54. The molecule has 0 saturated carbocycles. The Hall–Kier alpha value is -0.460. The number of hydrogen-bond acceptors (Lipinski definition) is 5. The van der Waals surface area contributed by atoms with Gasteiger partial charge in [0.2, 0.25) is 0 Å². The van der Waals surface area contributed by atoms with Gasteiger partial charge in [-0.3, -0.25) is 4.90 Å². The lowest BCUT2D eigenvalue weighted by Crippen LogP contribution is -2.32. The van der Waals surface area contributed by atoms with E-state index in [4.69, 9.17) is 9.47 Å². The highest BCUT2D eigenvalue weighted by Gasteiger charge is 2.45. The van der Waals surface area contributed by atoms with Crippen molar-refractivity contribution in [2.75, 3.05) is 47.0 Å². The van der Waals surface area contributed by atoms with Gasteiger partial charge in [-0.2, -0.15) is 11.3 Å². The molecule has 0 aliphatic carbocycles. The van der Waals surface area contributed by atoms with Crippen molar-refractivity contribution >= 4 is 11.3 Å². The second-order valence-electron chi connectivity index (χ2n) is 6.04. The molecule has 2 fully saturated rings. The predicted molar refractivity (Wildman–Crippen MR) is 81.1 cm³/mol. The molecule has 5 heteroatoms. The summed E-state index contributed by atoms with van der Waals surface area (Å²) in [6.45, 7) is 5.59. The van der Waals surface area contributed by atoms with Gasteiger partial charge in [0.15, 0.2) is 0 Å². The number of likely N-dealkylation sites (N-methyl/N-ethyl adjacent to an activating group) is 1. The molecule has 1 aromatic rings. The topological polar surface area (TPSA) is 24.9 Å². The normalized spacial score (nSPS) is 30.2. The molecule has 112 valence electrons. The van der Waals surface area contributed by atoms with E-state index in [2.05, 4.69) is 40.7 Å². The van der Waals surface area contributed by atoms with E-state index in [1.165, 1.54) is 5.56 Å². The third-order valence-electron chi connectivity index (χ3n) is 4.29. The first-order valence-electron chi connectivity index (χ1n) is 7.33. The van der Waals surface area contributed by atoms with Crippen molar-refractivity contribution in [3.63, 3.8) is 0 Å². The van der Waals surface area contributed by atoms with Gasteiger partial charge in [0, 0.05) is 31.6 Å². The van der Waals surface area contributed by atoms with E-state index in [9.17, 15) is 0 Å². The lowest BCUT2D eigenvalue weighted by molar-refractivity contribution is 0.0132. The summed E-state index contributed by atoms with van der Waals surface area (Å²) >= 11 is 1.77. The first-order chi connectivity index (χ1) is 9.74. The van der Waals surface area contributed by atoms with E-state index in [1.54, 1.807) is 11.3 Å². The summed E-state index contributed by atoms with van der Waals surface area (Å²) in [4.78, 5) is 4.71. The van der Waals surface area contributed by atoms with Gasteiger partial charge in [0.25, 0.3) is 0 Å². The van der Waals surface area contributed by atoms with Gasteiger partial charge in [0.1, 0.15) is 0 Å². The molecule has 0 unspecified atom stereocenters. The minimum atomic E-state index is 0.334. The van der Waals surface area contributed by atoms with Crippen LogP contribution in [0, 0.1) is 5.92 Å². The number of hydrogen-bond donors (Lipinski definition) is 0. The molecule has 2 saturated heterocycles. The number of fused-ring (bicyclic) bond motifs is 1. The van der Waals surface area contributed by atoms with Crippen LogP contribution in [0.25, 0.3) is 0 Å². The fourth-order valence-corrected chi connectivity index (χ4v) is 3.81. The average Bonchev–Trinajstić information content (AvgIpc) is 3.10. The van der Waals surface area contributed by atoms with Gasteiger partial charge in [0.05, 0.1) is 25.9 Å². The van der Waals surface area contributed by atoms with E-state index in [0.717, 1.165) is 39.5 Å². The third-order valence-corrected chi connectivity index (χ3v) is 5.02. The quantitative estimate of drug-likeness (QED) is 0.795. The Morgan fingerprint density at radius 3 is 3.10 bits per heavy atom. The number of rotatable bonds is 6. The molecule has 0 bridgehead atoms. The van der Waals surface area contributed by atoms with E-state index in [0.29, 0.717) is 18.1 Å². The molecule has 4 nitrogen and oxygen atoms in total. The van der Waals surface area contributed by atoms with E-state index in [1.807, 2.05) is 0 Å². The smallest absolute Gasteiger partial charge is 0.0768 e. The van der Waals surface area contributed by atoms with Gasteiger partial charge < -0.3 is 14.4 Å². The van der Waals surface area contributed by atoms with Crippen LogP contribution in [0.15, 0.2) is 16.8 Å². The molecule has 0 amide bonds. The zero-order valence-corrected chi connectivity index (χ0v) is 13.1. The lowest BCUT2D eigenvalue weighted by atomic mass is 10.0. The Kier molecular flexibility index (Phi) is 4.73. The first-order valence-corrected chi connectivity index (χ1v) is 8.27. The van der Waals surface area contributed by atoms with Crippen molar-refractivity contribution in [1.29, 1.82) is 0 Å². The zero-order valence-electron chi connectivity index (χ0n) is 12.3. The van der Waals surface area contributed by atoms with Crippen molar-refractivity contribution in [3.05, 3.63) is 22.4 Å². The fraction of sp³-hybridized carbons (Fsp3) is 0.733. The maximum atomic E-state index is 6.12. The predicted octanol–water partition coefficient (Wildman–Crippen LogP) is 1.53. The van der Waals surface area contributed by atoms with Gasteiger partial charge in [-0.05, 0) is 36.5 Å². The number of likely N-dealkylation sites (tertiary alicyclic amines) is 1. The maximum Gasteiger partial charge on any atom is 0.0768 e. The minimum Gasteiger partial charge on any atom is -0.379 e. The highest BCUT2D eigenvalue weighted by molar-refractivity contribution is 7.07. The molecule has 1 aromatic heterocycles. The molecule has 3 heterocycles. The van der Waals surface area contributed by atoms with Crippen molar-refractivity contribution in [3.8, 4) is 0 Å². The number of thiophene rings is 1. The number of nitrogens with zero attached hydrogens (tertiary/aromatic N) is 2. The molecule has 3 rings (SSSR count). The van der Waals surface area contributed by atoms with E-state index < -0.39 is 0 Å². The molecular formula is C15H24N2O2S. The monoisotopic (exact) mass is 296 g/mol. The largest absolute Gasteiger partial charge is 0.379 e. The highest BCUT2D eigenvalue weighted by atomic mass is 32.1. The van der Waals surface area contributed by atoms with Gasteiger partial charge in [-0.1, -0.05) is 0 Å². The molecule has 0 aromatic carbocycles. The third kappa shape index (κ3) is 3.23. The van der Waals surface area contributed by atoms with Crippen LogP contribution in [0.4, 0.5) is 0 Å². The van der Waals surface area contributed by atoms with E-state index in [-0.39, 0.29) is 0 Å². The molecular weight excluding hydrogens is 272 g/mol. The summed E-state index contributed by atoms with van der Waals surface area (Å²) in [6, 6.07) is 2.76. The summed E-state index contributed by atoms with van der Waals surface area (Å²) in [5.41, 5.74) is 1.41. The summed E-state index contributed by atoms with van der Waals surface area (Å²) < 4.78 is 11.8. The first kappa shape index (κ1) is 14.5. The zero-order chi connectivity index (χ0) is 13.9. The maximum absolute atomic E-state index is 6.12. The van der Waals surface area contributed by atoms with Crippen LogP contribution >= 0.6 is 11.3 Å². The second-order valence-corrected chi connectivity index (χ2v) is 6.82. The Labute approximate surface area is 125 Å². The molecule has 3 atom stereocenters. The SMILES string of the molecule is CN(C)CCO[C@@H]1CN(Cc2ccsc2)[C@H]2COC[C@@H]12. The van der Waals surface area contributed by atoms with Crippen LogP contribution < -0.4 is 0 Å². The summed E-state index contributed by atoms with van der Waals surface area (Å²) in [5, 5.41) is 4.39. The van der Waals surface area contributed by atoms with Crippen LogP contribution in [0.1, 0.15) is 5.56 Å². The van der Waals surface area contributed by atoms with Crippen LogP contribution in [-0.4, -0.2) is 69.0 Å². The van der Waals surface area contributed by atoms with Crippen LogP contribution in [-0.2, 0) is 16.0 Å². The Morgan fingerprint density at radius 1 is 1.45 bits per heavy atom. The molecule has 0 radical (unpaired) electrons. The molecule has 0 spiro atoms. The van der Waals surface area contributed by atoms with Crippen LogP contribution in [0.5, 0.6) is 0 Å². The molecule has 2 aliphatic heterocycles. The van der Waals surface area contributed by atoms with Crippen molar-refractivity contribution in [2.24, 2.45) is 5.92 Å². The minimum absolute atomic E-state index is 0.334. The summed E-state index contributed by atoms with van der Waals surface area (Å²) in [6.07, 6.45) is 0.334. The van der Waals surface area contributed by atoms with Gasteiger partial charge >= 0.3 is 0 Å². The lowest BCUT2D eigenvalue weighted by Gasteiger charge is -2.21. The highest BCUT2D eigenvalue weighted by Crippen LogP contribution is 2.33. The Morgan fingerprint density at radius 2 is 2.35 bits per heavy atom. The van der Waals surface area contributed by atoms with Crippen molar-refractivity contribution in [1.82, 2.24) is 9.80 Å². The Bertz CT molecular complexity index is 410. The molecule has 20 heavy (non-hydrogen) atoms. The van der Waals surface area contributed by atoms with Crippen molar-refractivity contribution in [2.45, 2.75) is 18.7 Å². The molecule has 0 N–H and O–H groups in total. The van der Waals surface area contributed by atoms with Gasteiger partial charge in [-0.15, -0.1) is 0 Å².